The van der Waals surface area contributed by atoms with Crippen LogP contribution in [0.1, 0.15) is 45.4 Å². The molecule has 2 rings (SSSR count). The number of carbonyl (C=O) groups excluding carboxylic acids is 3. The van der Waals surface area contributed by atoms with Gasteiger partial charge in [-0.1, -0.05) is 12.8 Å². The summed E-state index contributed by atoms with van der Waals surface area (Å²) in [5.74, 6) is -0.653. The number of amides is 3. The van der Waals surface area contributed by atoms with E-state index in [1.165, 1.54) is 12.8 Å². The molecule has 0 aromatic rings. The van der Waals surface area contributed by atoms with Gasteiger partial charge in [-0.3, -0.25) is 25.0 Å². The lowest BCUT2D eigenvalue weighted by Crippen LogP contribution is -2.56. The third-order valence-electron chi connectivity index (χ3n) is 3.79. The largest absolute Gasteiger partial charge is 0.352 e. The summed E-state index contributed by atoms with van der Waals surface area (Å²) in [6, 6.07) is -0.606. The maximum atomic E-state index is 12.0. The van der Waals surface area contributed by atoms with Gasteiger partial charge in [0.25, 0.3) is 0 Å². The van der Waals surface area contributed by atoms with Crippen LogP contribution >= 0.6 is 0 Å². The van der Waals surface area contributed by atoms with E-state index in [9.17, 15) is 14.4 Å². The maximum Gasteiger partial charge on any atom is 0.243 e. The maximum absolute atomic E-state index is 12.0. The number of imide groups is 1. The van der Waals surface area contributed by atoms with E-state index in [0.717, 1.165) is 12.8 Å². The highest BCUT2D eigenvalue weighted by Gasteiger charge is 2.29. The molecule has 2 atom stereocenters. The fourth-order valence-corrected chi connectivity index (χ4v) is 2.63. The minimum Gasteiger partial charge on any atom is -0.352 e. The standard InChI is InChI=1S/C13H21N3O3/c1-8(12(18)15-9-4-2-3-5-9)14-10-6-7-11(17)16-13(10)19/h8-10,14H,2-7H2,1H3,(H,15,18)(H,16,17,19). The Morgan fingerprint density at radius 2 is 1.95 bits per heavy atom. The first-order valence-corrected chi connectivity index (χ1v) is 6.96. The summed E-state index contributed by atoms with van der Waals surface area (Å²) in [6.45, 7) is 1.74. The fraction of sp³-hybridized carbons (Fsp3) is 0.769. The third-order valence-corrected chi connectivity index (χ3v) is 3.79. The van der Waals surface area contributed by atoms with Gasteiger partial charge >= 0.3 is 0 Å². The molecule has 1 aliphatic carbocycles. The van der Waals surface area contributed by atoms with Gasteiger partial charge in [-0.25, -0.2) is 0 Å². The van der Waals surface area contributed by atoms with E-state index >= 15 is 0 Å². The summed E-state index contributed by atoms with van der Waals surface area (Å²) >= 11 is 0. The van der Waals surface area contributed by atoms with Crippen LogP contribution in [0.2, 0.25) is 0 Å². The van der Waals surface area contributed by atoms with Crippen LogP contribution in [0.5, 0.6) is 0 Å². The molecule has 19 heavy (non-hydrogen) atoms. The topological polar surface area (TPSA) is 87.3 Å². The Labute approximate surface area is 112 Å². The highest BCUT2D eigenvalue weighted by atomic mass is 16.2. The van der Waals surface area contributed by atoms with Gasteiger partial charge in [0.15, 0.2) is 0 Å². The molecule has 6 heteroatoms. The minimum absolute atomic E-state index is 0.0726. The van der Waals surface area contributed by atoms with E-state index < -0.39 is 12.1 Å². The number of nitrogens with one attached hydrogen (secondary N) is 3. The summed E-state index contributed by atoms with van der Waals surface area (Å²) in [7, 11) is 0. The molecule has 1 aliphatic heterocycles. The Balaban J connectivity index is 1.79. The van der Waals surface area contributed by atoms with Gasteiger partial charge < -0.3 is 5.32 Å². The zero-order chi connectivity index (χ0) is 13.8. The van der Waals surface area contributed by atoms with Crippen molar-refractivity contribution in [2.45, 2.75) is 63.6 Å². The predicted molar refractivity (Wildman–Crippen MR) is 69.2 cm³/mol. The monoisotopic (exact) mass is 267 g/mol. The molecule has 0 aromatic carbocycles. The van der Waals surface area contributed by atoms with Crippen molar-refractivity contribution in [3.05, 3.63) is 0 Å². The third kappa shape index (κ3) is 3.76. The molecular weight excluding hydrogens is 246 g/mol. The molecular formula is C13H21N3O3. The Bertz CT molecular complexity index is 377. The van der Waals surface area contributed by atoms with Crippen molar-refractivity contribution in [1.82, 2.24) is 16.0 Å². The molecule has 0 aromatic heterocycles. The average Bonchev–Trinajstić information content (AvgIpc) is 2.85. The molecule has 6 nitrogen and oxygen atoms in total. The lowest BCUT2D eigenvalue weighted by molar-refractivity contribution is -0.135. The van der Waals surface area contributed by atoms with Gasteiger partial charge in [-0.2, -0.15) is 0 Å². The van der Waals surface area contributed by atoms with Crippen molar-refractivity contribution in [1.29, 1.82) is 0 Å². The van der Waals surface area contributed by atoms with E-state index in [-0.39, 0.29) is 23.8 Å². The lowest BCUT2D eigenvalue weighted by atomic mass is 10.0. The molecule has 1 saturated carbocycles. The van der Waals surface area contributed by atoms with E-state index in [1.807, 2.05) is 0 Å². The number of piperidine rings is 1. The minimum atomic E-state index is -0.456. The summed E-state index contributed by atoms with van der Waals surface area (Å²) < 4.78 is 0. The molecule has 0 radical (unpaired) electrons. The van der Waals surface area contributed by atoms with Crippen LogP contribution in [0.15, 0.2) is 0 Å². The molecule has 1 heterocycles. The van der Waals surface area contributed by atoms with Gasteiger partial charge in [0, 0.05) is 12.5 Å². The first-order valence-electron chi connectivity index (χ1n) is 6.96. The Hall–Kier alpha value is -1.43. The second-order valence-corrected chi connectivity index (χ2v) is 5.38. The molecule has 1 saturated heterocycles. The van der Waals surface area contributed by atoms with Gasteiger partial charge in [0.2, 0.25) is 17.7 Å². The SMILES string of the molecule is CC(NC1CCC(=O)NC1=O)C(=O)NC1CCCC1. The molecule has 0 spiro atoms. The van der Waals surface area contributed by atoms with Crippen molar-refractivity contribution in [2.24, 2.45) is 0 Å². The predicted octanol–water partition coefficient (Wildman–Crippen LogP) is -0.171. The first-order chi connectivity index (χ1) is 9.06. The van der Waals surface area contributed by atoms with Gasteiger partial charge in [0.05, 0.1) is 12.1 Å². The molecule has 2 aliphatic rings. The highest BCUT2D eigenvalue weighted by Crippen LogP contribution is 2.17. The number of hydrogen-bond donors (Lipinski definition) is 3. The van der Waals surface area contributed by atoms with Crippen LogP contribution in [-0.2, 0) is 14.4 Å². The molecule has 2 fully saturated rings. The van der Waals surface area contributed by atoms with Crippen molar-refractivity contribution < 1.29 is 14.4 Å². The van der Waals surface area contributed by atoms with Crippen LogP contribution in [0.25, 0.3) is 0 Å². The molecule has 3 N–H and O–H groups in total. The number of hydrogen-bond acceptors (Lipinski definition) is 4. The lowest BCUT2D eigenvalue weighted by Gasteiger charge is -2.25. The van der Waals surface area contributed by atoms with Gasteiger partial charge in [0.1, 0.15) is 0 Å². The van der Waals surface area contributed by atoms with Gasteiger partial charge in [-0.05, 0) is 26.2 Å². The number of rotatable bonds is 4. The van der Waals surface area contributed by atoms with E-state index in [4.69, 9.17) is 0 Å². The average molecular weight is 267 g/mol. The summed E-state index contributed by atoms with van der Waals surface area (Å²) in [6.07, 6.45) is 5.18. The van der Waals surface area contributed by atoms with Crippen molar-refractivity contribution >= 4 is 17.7 Å². The summed E-state index contributed by atoms with van der Waals surface area (Å²) in [4.78, 5) is 34.6. The zero-order valence-corrected chi connectivity index (χ0v) is 11.2. The molecule has 106 valence electrons. The van der Waals surface area contributed by atoms with Crippen molar-refractivity contribution in [2.75, 3.05) is 0 Å². The van der Waals surface area contributed by atoms with Crippen molar-refractivity contribution in [3.8, 4) is 0 Å². The van der Waals surface area contributed by atoms with Gasteiger partial charge in [-0.15, -0.1) is 0 Å². The van der Waals surface area contributed by atoms with E-state index in [1.54, 1.807) is 6.92 Å². The Morgan fingerprint density at radius 3 is 2.58 bits per heavy atom. The highest BCUT2D eigenvalue weighted by molar-refractivity contribution is 6.00. The fourth-order valence-electron chi connectivity index (χ4n) is 2.63. The molecule has 3 amide bonds. The second-order valence-electron chi connectivity index (χ2n) is 5.38. The van der Waals surface area contributed by atoms with Crippen LogP contribution in [0.3, 0.4) is 0 Å². The smallest absolute Gasteiger partial charge is 0.243 e. The molecule has 0 bridgehead atoms. The normalized spacial score (nSPS) is 26.1. The Morgan fingerprint density at radius 1 is 1.26 bits per heavy atom. The molecule has 2 unspecified atom stereocenters. The van der Waals surface area contributed by atoms with Crippen LogP contribution < -0.4 is 16.0 Å². The van der Waals surface area contributed by atoms with Crippen LogP contribution in [0, 0.1) is 0 Å². The quantitative estimate of drug-likeness (QED) is 0.617. The zero-order valence-electron chi connectivity index (χ0n) is 11.2. The van der Waals surface area contributed by atoms with E-state index in [2.05, 4.69) is 16.0 Å². The van der Waals surface area contributed by atoms with E-state index in [0.29, 0.717) is 12.8 Å². The van der Waals surface area contributed by atoms with Crippen LogP contribution in [0.4, 0.5) is 0 Å². The summed E-state index contributed by atoms with van der Waals surface area (Å²) in [5, 5.41) is 8.25. The van der Waals surface area contributed by atoms with Crippen molar-refractivity contribution in [3.63, 3.8) is 0 Å². The Kier molecular flexibility index (Phi) is 4.52. The second kappa shape index (κ2) is 6.14. The summed E-state index contributed by atoms with van der Waals surface area (Å²) in [5.41, 5.74) is 0. The first kappa shape index (κ1) is 14.0. The van der Waals surface area contributed by atoms with Crippen LogP contribution in [-0.4, -0.2) is 35.8 Å². The number of carbonyl (C=O) groups is 3.